The summed E-state index contributed by atoms with van der Waals surface area (Å²) in [6.07, 6.45) is 3.31. The van der Waals surface area contributed by atoms with Gasteiger partial charge in [0, 0.05) is 25.3 Å². The molecule has 0 aliphatic carbocycles. The Morgan fingerprint density at radius 1 is 1.48 bits per heavy atom. The third-order valence-electron chi connectivity index (χ3n) is 3.76. The van der Waals surface area contributed by atoms with Crippen LogP contribution < -0.4 is 0 Å². The van der Waals surface area contributed by atoms with Gasteiger partial charge in [0.1, 0.15) is 5.52 Å². The third-order valence-corrected chi connectivity index (χ3v) is 4.32. The van der Waals surface area contributed by atoms with Crippen LogP contribution in [-0.2, 0) is 4.74 Å². The van der Waals surface area contributed by atoms with Crippen molar-refractivity contribution in [1.82, 2.24) is 19.4 Å². The SMILES string of the molecule is CCOC(=O)N1CCC(n2c(Br)nc3cccnc32)CC1. The fourth-order valence-electron chi connectivity index (χ4n) is 2.75. The van der Waals surface area contributed by atoms with E-state index in [-0.39, 0.29) is 6.09 Å². The van der Waals surface area contributed by atoms with E-state index in [4.69, 9.17) is 4.74 Å². The molecule has 0 N–H and O–H groups in total. The van der Waals surface area contributed by atoms with E-state index >= 15 is 0 Å². The van der Waals surface area contributed by atoms with Gasteiger partial charge in [0.05, 0.1) is 6.61 Å². The number of nitrogens with zero attached hydrogens (tertiary/aromatic N) is 4. The maximum atomic E-state index is 11.7. The van der Waals surface area contributed by atoms with Crippen molar-refractivity contribution in [3.05, 3.63) is 23.1 Å². The fraction of sp³-hybridized carbons (Fsp3) is 0.500. The monoisotopic (exact) mass is 352 g/mol. The minimum atomic E-state index is -0.219. The summed E-state index contributed by atoms with van der Waals surface area (Å²) >= 11 is 3.52. The summed E-state index contributed by atoms with van der Waals surface area (Å²) in [6, 6.07) is 4.14. The quantitative estimate of drug-likeness (QED) is 0.833. The van der Waals surface area contributed by atoms with E-state index in [1.54, 1.807) is 11.1 Å². The number of likely N-dealkylation sites (tertiary alicyclic amines) is 1. The Bertz CT molecular complexity index is 649. The molecule has 0 spiro atoms. The highest BCUT2D eigenvalue weighted by atomic mass is 79.9. The van der Waals surface area contributed by atoms with Crippen LogP contribution in [0.5, 0.6) is 0 Å². The van der Waals surface area contributed by atoms with Gasteiger partial charge in [0.2, 0.25) is 0 Å². The molecule has 1 amide bonds. The number of hydrogen-bond donors (Lipinski definition) is 0. The molecule has 0 aromatic carbocycles. The second kappa shape index (κ2) is 6.01. The zero-order valence-electron chi connectivity index (χ0n) is 11.8. The van der Waals surface area contributed by atoms with Crippen LogP contribution in [0.3, 0.4) is 0 Å². The van der Waals surface area contributed by atoms with Crippen molar-refractivity contribution in [2.24, 2.45) is 0 Å². The highest BCUT2D eigenvalue weighted by molar-refractivity contribution is 9.10. The van der Waals surface area contributed by atoms with Gasteiger partial charge < -0.3 is 14.2 Å². The van der Waals surface area contributed by atoms with Crippen molar-refractivity contribution in [1.29, 1.82) is 0 Å². The molecule has 0 unspecified atom stereocenters. The van der Waals surface area contributed by atoms with Crippen LogP contribution in [0.2, 0.25) is 0 Å². The Balaban J connectivity index is 1.77. The molecule has 2 aromatic rings. The second-order valence-corrected chi connectivity index (χ2v) is 5.72. The summed E-state index contributed by atoms with van der Waals surface area (Å²) in [5.74, 6) is 0. The lowest BCUT2D eigenvalue weighted by Gasteiger charge is -2.32. The molecule has 0 bridgehead atoms. The average Bonchev–Trinajstić information content (AvgIpc) is 2.83. The number of rotatable bonds is 2. The highest BCUT2D eigenvalue weighted by Crippen LogP contribution is 2.30. The number of carbonyl (C=O) groups is 1. The van der Waals surface area contributed by atoms with Gasteiger partial charge in [-0.05, 0) is 47.8 Å². The number of fused-ring (bicyclic) bond motifs is 1. The Hall–Kier alpha value is -1.63. The molecule has 21 heavy (non-hydrogen) atoms. The number of imidazole rings is 1. The first-order chi connectivity index (χ1) is 10.2. The lowest BCUT2D eigenvalue weighted by atomic mass is 10.1. The van der Waals surface area contributed by atoms with E-state index in [1.165, 1.54) is 0 Å². The highest BCUT2D eigenvalue weighted by Gasteiger charge is 2.27. The molecule has 0 radical (unpaired) electrons. The standard InChI is InChI=1S/C14H17BrN4O2/c1-2-21-14(20)18-8-5-10(6-9-18)19-12-11(17-13(19)15)4-3-7-16-12/h3-4,7,10H,2,5-6,8-9H2,1H3. The molecule has 1 fully saturated rings. The van der Waals surface area contributed by atoms with Crippen LogP contribution >= 0.6 is 15.9 Å². The summed E-state index contributed by atoms with van der Waals surface area (Å²) in [6.45, 7) is 3.64. The fourth-order valence-corrected chi connectivity index (χ4v) is 3.40. The van der Waals surface area contributed by atoms with E-state index in [9.17, 15) is 4.79 Å². The first kappa shape index (κ1) is 14.3. The van der Waals surface area contributed by atoms with E-state index in [0.29, 0.717) is 25.7 Å². The molecule has 0 atom stereocenters. The molecule has 1 aliphatic heterocycles. The number of amides is 1. The number of hydrogen-bond acceptors (Lipinski definition) is 4. The minimum Gasteiger partial charge on any atom is -0.450 e. The molecular formula is C14H17BrN4O2. The molecule has 0 saturated carbocycles. The number of carbonyl (C=O) groups excluding carboxylic acids is 1. The van der Waals surface area contributed by atoms with Crippen LogP contribution in [0.4, 0.5) is 4.79 Å². The molecule has 1 saturated heterocycles. The Kier molecular flexibility index (Phi) is 4.10. The van der Waals surface area contributed by atoms with Gasteiger partial charge >= 0.3 is 6.09 Å². The van der Waals surface area contributed by atoms with E-state index in [0.717, 1.165) is 28.7 Å². The van der Waals surface area contributed by atoms with Crippen molar-refractivity contribution in [2.75, 3.05) is 19.7 Å². The zero-order chi connectivity index (χ0) is 14.8. The van der Waals surface area contributed by atoms with Crippen LogP contribution in [0.1, 0.15) is 25.8 Å². The van der Waals surface area contributed by atoms with Gasteiger partial charge in [0.15, 0.2) is 10.4 Å². The van der Waals surface area contributed by atoms with Crippen molar-refractivity contribution in [2.45, 2.75) is 25.8 Å². The van der Waals surface area contributed by atoms with Gasteiger partial charge in [-0.2, -0.15) is 0 Å². The summed E-state index contributed by atoms with van der Waals surface area (Å²) in [4.78, 5) is 22.4. The third kappa shape index (κ3) is 2.74. The maximum Gasteiger partial charge on any atom is 0.409 e. The largest absolute Gasteiger partial charge is 0.450 e. The van der Waals surface area contributed by atoms with Gasteiger partial charge in [-0.1, -0.05) is 0 Å². The van der Waals surface area contributed by atoms with Crippen LogP contribution in [0, 0.1) is 0 Å². The summed E-state index contributed by atoms with van der Waals surface area (Å²) < 4.78 is 7.97. The van der Waals surface area contributed by atoms with Crippen molar-refractivity contribution >= 4 is 33.2 Å². The molecule has 6 nitrogen and oxygen atoms in total. The van der Waals surface area contributed by atoms with Crippen molar-refractivity contribution < 1.29 is 9.53 Å². The average molecular weight is 353 g/mol. The van der Waals surface area contributed by atoms with Gasteiger partial charge in [0.25, 0.3) is 0 Å². The molecule has 2 aromatic heterocycles. The van der Waals surface area contributed by atoms with Crippen LogP contribution in [-0.4, -0.2) is 45.2 Å². The molecule has 112 valence electrons. The van der Waals surface area contributed by atoms with E-state index < -0.39 is 0 Å². The van der Waals surface area contributed by atoms with Gasteiger partial charge in [-0.3, -0.25) is 0 Å². The maximum absolute atomic E-state index is 11.7. The molecular weight excluding hydrogens is 336 g/mol. The lowest BCUT2D eigenvalue weighted by molar-refractivity contribution is 0.0928. The number of halogens is 1. The Morgan fingerprint density at radius 2 is 2.24 bits per heavy atom. The first-order valence-electron chi connectivity index (χ1n) is 7.11. The number of pyridine rings is 1. The van der Waals surface area contributed by atoms with E-state index in [1.807, 2.05) is 19.1 Å². The van der Waals surface area contributed by atoms with Gasteiger partial charge in [-0.15, -0.1) is 0 Å². The molecule has 7 heteroatoms. The summed E-state index contributed by atoms with van der Waals surface area (Å²) in [7, 11) is 0. The minimum absolute atomic E-state index is 0.219. The van der Waals surface area contributed by atoms with Crippen LogP contribution in [0.15, 0.2) is 23.1 Å². The molecule has 3 rings (SSSR count). The Morgan fingerprint density at radius 3 is 2.95 bits per heavy atom. The van der Waals surface area contributed by atoms with Crippen molar-refractivity contribution in [3.8, 4) is 0 Å². The molecule has 1 aliphatic rings. The topological polar surface area (TPSA) is 60.2 Å². The first-order valence-corrected chi connectivity index (χ1v) is 7.90. The smallest absolute Gasteiger partial charge is 0.409 e. The van der Waals surface area contributed by atoms with Gasteiger partial charge in [-0.25, -0.2) is 14.8 Å². The zero-order valence-corrected chi connectivity index (χ0v) is 13.4. The molecule has 3 heterocycles. The number of aromatic nitrogens is 3. The number of ether oxygens (including phenoxy) is 1. The lowest BCUT2D eigenvalue weighted by Crippen LogP contribution is -2.39. The predicted octanol–water partition coefficient (Wildman–Crippen LogP) is 2.99. The summed E-state index contributed by atoms with van der Waals surface area (Å²) in [5, 5.41) is 0. The normalized spacial score (nSPS) is 16.4. The second-order valence-electron chi connectivity index (χ2n) is 5.01. The van der Waals surface area contributed by atoms with Crippen molar-refractivity contribution in [3.63, 3.8) is 0 Å². The predicted molar refractivity (Wildman–Crippen MR) is 82.1 cm³/mol. The van der Waals surface area contributed by atoms with E-state index in [2.05, 4.69) is 30.5 Å². The van der Waals surface area contributed by atoms with Crippen LogP contribution in [0.25, 0.3) is 11.2 Å². The summed E-state index contributed by atoms with van der Waals surface area (Å²) in [5.41, 5.74) is 1.77. The Labute approximate surface area is 131 Å². The number of piperidine rings is 1.